The molecule has 0 saturated carbocycles. The van der Waals surface area contributed by atoms with Crippen LogP contribution in [0, 0.1) is 13.8 Å². The van der Waals surface area contributed by atoms with E-state index in [2.05, 4.69) is 21.7 Å². The van der Waals surface area contributed by atoms with Crippen molar-refractivity contribution in [2.75, 3.05) is 18.4 Å². The maximum Gasteiger partial charge on any atom is 0.216 e. The summed E-state index contributed by atoms with van der Waals surface area (Å²) in [4.78, 5) is 14.8. The number of nitrogens with one attached hydrogen (secondary N) is 2. The molecule has 1 aromatic rings. The second-order valence-corrected chi connectivity index (χ2v) is 4.25. The van der Waals surface area contributed by atoms with E-state index in [0.29, 0.717) is 19.0 Å². The van der Waals surface area contributed by atoms with Gasteiger partial charge in [-0.05, 0) is 37.1 Å². The second-order valence-electron chi connectivity index (χ2n) is 4.25. The summed E-state index contributed by atoms with van der Waals surface area (Å²) in [6.45, 7) is 6.49. The van der Waals surface area contributed by atoms with E-state index < -0.39 is 0 Å². The van der Waals surface area contributed by atoms with Crippen LogP contribution in [0.1, 0.15) is 18.1 Å². The number of hydrogen-bond acceptors (Lipinski definition) is 2. The summed E-state index contributed by atoms with van der Waals surface area (Å²) in [5, 5.41) is 5.68. The van der Waals surface area contributed by atoms with Crippen LogP contribution in [0.15, 0.2) is 23.2 Å². The van der Waals surface area contributed by atoms with Crippen LogP contribution >= 0.6 is 0 Å². The molecule has 1 rings (SSSR count). The van der Waals surface area contributed by atoms with Crippen LogP contribution < -0.4 is 16.4 Å². The van der Waals surface area contributed by atoms with Crippen LogP contribution in [0.5, 0.6) is 0 Å². The Morgan fingerprint density at radius 3 is 2.44 bits per heavy atom. The molecule has 1 aromatic carbocycles. The first-order chi connectivity index (χ1) is 8.47. The molecule has 0 atom stereocenters. The van der Waals surface area contributed by atoms with Gasteiger partial charge < -0.3 is 16.4 Å². The first-order valence-corrected chi connectivity index (χ1v) is 5.87. The van der Waals surface area contributed by atoms with Gasteiger partial charge in [0.05, 0.1) is 6.54 Å². The van der Waals surface area contributed by atoms with Crippen molar-refractivity contribution in [3.05, 3.63) is 29.3 Å². The molecule has 0 saturated heterocycles. The largest absolute Gasteiger partial charge is 0.370 e. The van der Waals surface area contributed by atoms with E-state index in [9.17, 15) is 4.79 Å². The van der Waals surface area contributed by atoms with Crippen LogP contribution in [0.2, 0.25) is 0 Å². The van der Waals surface area contributed by atoms with E-state index in [1.807, 2.05) is 26.0 Å². The normalized spacial score (nSPS) is 11.2. The van der Waals surface area contributed by atoms with Gasteiger partial charge in [-0.15, -0.1) is 0 Å². The van der Waals surface area contributed by atoms with Gasteiger partial charge in [0.2, 0.25) is 5.91 Å². The summed E-state index contributed by atoms with van der Waals surface area (Å²) in [7, 11) is 0. The van der Waals surface area contributed by atoms with Gasteiger partial charge in [0.1, 0.15) is 0 Å². The highest BCUT2D eigenvalue weighted by Gasteiger charge is 1.97. The lowest BCUT2D eigenvalue weighted by Gasteiger charge is -2.08. The standard InChI is InChI=1S/C13H20N4O/c1-9-6-10(2)8-12(7-9)17-13(14)16-5-4-15-11(3)18/h6-8H,4-5H2,1-3H3,(H,15,18)(H3,14,16,17). The maximum atomic E-state index is 10.6. The Labute approximate surface area is 107 Å². The first-order valence-electron chi connectivity index (χ1n) is 5.87. The third-order valence-electron chi connectivity index (χ3n) is 2.26. The minimum absolute atomic E-state index is 0.0639. The van der Waals surface area contributed by atoms with Gasteiger partial charge >= 0.3 is 0 Å². The van der Waals surface area contributed by atoms with Crippen LogP contribution in [0.3, 0.4) is 0 Å². The summed E-state index contributed by atoms with van der Waals surface area (Å²) >= 11 is 0. The zero-order chi connectivity index (χ0) is 13.5. The van der Waals surface area contributed by atoms with Gasteiger partial charge in [0.25, 0.3) is 0 Å². The van der Waals surface area contributed by atoms with Gasteiger partial charge in [-0.25, -0.2) is 0 Å². The zero-order valence-corrected chi connectivity index (χ0v) is 11.1. The molecule has 5 nitrogen and oxygen atoms in total. The maximum absolute atomic E-state index is 10.6. The summed E-state index contributed by atoms with van der Waals surface area (Å²) in [5.41, 5.74) is 9.01. The number of carbonyl (C=O) groups excluding carboxylic acids is 1. The number of anilines is 1. The minimum Gasteiger partial charge on any atom is -0.370 e. The molecule has 5 heteroatoms. The number of rotatable bonds is 4. The molecule has 0 aliphatic carbocycles. The molecule has 0 aliphatic heterocycles. The molecular formula is C13H20N4O. The van der Waals surface area contributed by atoms with Crippen LogP contribution in [0.4, 0.5) is 5.69 Å². The Morgan fingerprint density at radius 2 is 1.89 bits per heavy atom. The lowest BCUT2D eigenvalue weighted by molar-refractivity contribution is -0.118. The predicted molar refractivity (Wildman–Crippen MR) is 74.7 cm³/mol. The van der Waals surface area contributed by atoms with E-state index in [1.165, 1.54) is 18.1 Å². The van der Waals surface area contributed by atoms with Crippen molar-refractivity contribution in [2.24, 2.45) is 10.7 Å². The molecule has 0 aliphatic rings. The van der Waals surface area contributed by atoms with Gasteiger partial charge in [-0.3, -0.25) is 9.79 Å². The average Bonchev–Trinajstić information content (AvgIpc) is 2.22. The van der Waals surface area contributed by atoms with E-state index in [-0.39, 0.29) is 5.91 Å². The van der Waals surface area contributed by atoms with Crippen molar-refractivity contribution >= 4 is 17.6 Å². The molecule has 0 bridgehead atoms. The quantitative estimate of drug-likeness (QED) is 0.425. The molecule has 0 heterocycles. The number of hydrogen-bond donors (Lipinski definition) is 3. The van der Waals surface area contributed by atoms with Crippen molar-refractivity contribution in [1.82, 2.24) is 5.32 Å². The molecule has 18 heavy (non-hydrogen) atoms. The van der Waals surface area contributed by atoms with E-state index >= 15 is 0 Å². The van der Waals surface area contributed by atoms with Crippen LogP contribution in [0.25, 0.3) is 0 Å². The van der Waals surface area contributed by atoms with Crippen molar-refractivity contribution in [1.29, 1.82) is 0 Å². The molecular weight excluding hydrogens is 228 g/mol. The van der Waals surface area contributed by atoms with Crippen molar-refractivity contribution in [3.8, 4) is 0 Å². The van der Waals surface area contributed by atoms with Gasteiger partial charge in [-0.2, -0.15) is 0 Å². The Hall–Kier alpha value is -2.04. The van der Waals surface area contributed by atoms with Crippen molar-refractivity contribution in [3.63, 3.8) is 0 Å². The van der Waals surface area contributed by atoms with Crippen LogP contribution in [-0.2, 0) is 4.79 Å². The van der Waals surface area contributed by atoms with Gasteiger partial charge in [0.15, 0.2) is 5.96 Å². The van der Waals surface area contributed by atoms with Gasteiger partial charge in [0, 0.05) is 19.2 Å². The van der Waals surface area contributed by atoms with Crippen molar-refractivity contribution in [2.45, 2.75) is 20.8 Å². The van der Waals surface area contributed by atoms with Crippen molar-refractivity contribution < 1.29 is 4.79 Å². The predicted octanol–water partition coefficient (Wildman–Crippen LogP) is 1.17. The molecule has 0 unspecified atom stereocenters. The lowest BCUT2D eigenvalue weighted by atomic mass is 10.1. The average molecular weight is 248 g/mol. The lowest BCUT2D eigenvalue weighted by Crippen LogP contribution is -2.27. The fourth-order valence-electron chi connectivity index (χ4n) is 1.64. The fourth-order valence-corrected chi connectivity index (χ4v) is 1.64. The highest BCUT2D eigenvalue weighted by atomic mass is 16.1. The third kappa shape index (κ3) is 5.34. The van der Waals surface area contributed by atoms with E-state index in [4.69, 9.17) is 5.73 Å². The number of nitrogens with two attached hydrogens (primary N) is 1. The Bertz CT molecular complexity index is 434. The Kier molecular flexibility index (Phi) is 5.17. The minimum atomic E-state index is -0.0639. The van der Waals surface area contributed by atoms with Gasteiger partial charge in [-0.1, -0.05) is 6.07 Å². The number of aryl methyl sites for hydroxylation is 2. The Balaban J connectivity index is 2.50. The monoisotopic (exact) mass is 248 g/mol. The second kappa shape index (κ2) is 6.64. The SMILES string of the molecule is CC(=O)NCCN=C(N)Nc1cc(C)cc(C)c1. The topological polar surface area (TPSA) is 79.5 Å². The summed E-state index contributed by atoms with van der Waals surface area (Å²) in [6.07, 6.45) is 0. The molecule has 98 valence electrons. The number of amides is 1. The number of carbonyl (C=O) groups is 1. The smallest absolute Gasteiger partial charge is 0.216 e. The van der Waals surface area contributed by atoms with E-state index in [0.717, 1.165) is 5.69 Å². The number of benzene rings is 1. The molecule has 0 spiro atoms. The molecule has 1 amide bonds. The molecule has 0 aromatic heterocycles. The third-order valence-corrected chi connectivity index (χ3v) is 2.26. The summed E-state index contributed by atoms with van der Waals surface area (Å²) < 4.78 is 0. The zero-order valence-electron chi connectivity index (χ0n) is 11.1. The molecule has 0 fully saturated rings. The molecule has 0 radical (unpaired) electrons. The Morgan fingerprint density at radius 1 is 1.28 bits per heavy atom. The number of guanidine groups is 1. The van der Waals surface area contributed by atoms with E-state index in [1.54, 1.807) is 0 Å². The number of aliphatic imine (C=N–C) groups is 1. The van der Waals surface area contributed by atoms with Crippen LogP contribution in [-0.4, -0.2) is 25.0 Å². The fraction of sp³-hybridized carbons (Fsp3) is 0.385. The summed E-state index contributed by atoms with van der Waals surface area (Å²) in [6, 6.07) is 6.10. The highest BCUT2D eigenvalue weighted by molar-refractivity contribution is 5.92. The summed E-state index contributed by atoms with van der Waals surface area (Å²) in [5.74, 6) is 0.288. The number of nitrogens with zero attached hydrogens (tertiary/aromatic N) is 1. The molecule has 4 N–H and O–H groups in total. The highest BCUT2D eigenvalue weighted by Crippen LogP contribution is 2.13. The first kappa shape index (κ1) is 14.0.